The van der Waals surface area contributed by atoms with Crippen molar-refractivity contribution in [2.75, 3.05) is 6.61 Å². The van der Waals surface area contributed by atoms with Crippen molar-refractivity contribution in [1.82, 2.24) is 15.6 Å². The minimum atomic E-state index is -0.553. The third-order valence-corrected chi connectivity index (χ3v) is 5.73. The van der Waals surface area contributed by atoms with Gasteiger partial charge in [-0.15, -0.1) is 11.3 Å². The number of aliphatic hydroxyl groups is 1. The molecule has 6 heteroatoms. The molecule has 2 atom stereocenters. The van der Waals surface area contributed by atoms with Gasteiger partial charge >= 0.3 is 6.03 Å². The van der Waals surface area contributed by atoms with Crippen molar-refractivity contribution in [3.05, 3.63) is 16.1 Å². The molecule has 0 aromatic carbocycles. The molecule has 0 unspecified atom stereocenters. The first-order valence-electron chi connectivity index (χ1n) is 8.06. The maximum Gasteiger partial charge on any atom is 0.315 e. The lowest BCUT2D eigenvalue weighted by Gasteiger charge is -2.39. The molecule has 2 rings (SSSR count). The molecule has 1 saturated carbocycles. The van der Waals surface area contributed by atoms with Crippen LogP contribution >= 0.6 is 11.3 Å². The van der Waals surface area contributed by atoms with E-state index in [4.69, 9.17) is 0 Å². The number of carbonyl (C=O) groups is 1. The lowest BCUT2D eigenvalue weighted by atomic mass is 9.76. The summed E-state index contributed by atoms with van der Waals surface area (Å²) in [5.41, 5.74) is 0.416. The standard InChI is InChI=1S/C16H27N3O2S/c1-11-9-22-14(17-11)12(2)18-15(21)19-16(3,10-20)13-7-5-4-6-8-13/h9,12-13,20H,4-8,10H2,1-3H3,(H2,18,19,21)/t12-,16-/m0/s1. The number of nitrogens with zero attached hydrogens (tertiary/aromatic N) is 1. The van der Waals surface area contributed by atoms with Gasteiger partial charge in [0.15, 0.2) is 0 Å². The summed E-state index contributed by atoms with van der Waals surface area (Å²) in [6, 6.07) is -0.365. The van der Waals surface area contributed by atoms with Crippen LogP contribution in [0.4, 0.5) is 4.79 Å². The predicted octanol–water partition coefficient (Wildman–Crippen LogP) is 3.14. The second kappa shape index (κ2) is 7.42. The van der Waals surface area contributed by atoms with Crippen LogP contribution in [-0.4, -0.2) is 28.3 Å². The van der Waals surface area contributed by atoms with Crippen LogP contribution in [-0.2, 0) is 0 Å². The minimum absolute atomic E-state index is 0.0319. The highest BCUT2D eigenvalue weighted by molar-refractivity contribution is 7.09. The molecule has 0 bridgehead atoms. The molecule has 0 spiro atoms. The quantitative estimate of drug-likeness (QED) is 0.778. The first kappa shape index (κ1) is 17.2. The summed E-state index contributed by atoms with van der Waals surface area (Å²) < 4.78 is 0. The number of aliphatic hydroxyl groups excluding tert-OH is 1. The van der Waals surface area contributed by atoms with E-state index in [9.17, 15) is 9.90 Å². The number of carbonyl (C=O) groups excluding carboxylic acids is 1. The Bertz CT molecular complexity index is 499. The molecule has 1 aliphatic rings. The zero-order valence-electron chi connectivity index (χ0n) is 13.7. The topological polar surface area (TPSA) is 74.2 Å². The SMILES string of the molecule is Cc1csc([C@H](C)NC(=O)N[C@@](C)(CO)C2CCCCC2)n1. The molecule has 1 aromatic rings. The first-order valence-corrected chi connectivity index (χ1v) is 8.94. The molecule has 1 heterocycles. The Hall–Kier alpha value is -1.14. The summed E-state index contributed by atoms with van der Waals surface area (Å²) in [6.07, 6.45) is 5.75. The average Bonchev–Trinajstić information content (AvgIpc) is 2.94. The summed E-state index contributed by atoms with van der Waals surface area (Å²) in [4.78, 5) is 16.7. The zero-order chi connectivity index (χ0) is 16.2. The molecule has 1 fully saturated rings. The van der Waals surface area contributed by atoms with Gasteiger partial charge in [-0.05, 0) is 39.5 Å². The normalized spacial score (nSPS) is 20.2. The number of aromatic nitrogens is 1. The molecule has 2 amide bonds. The molecule has 5 nitrogen and oxygen atoms in total. The molecule has 1 aromatic heterocycles. The van der Waals surface area contributed by atoms with E-state index in [0.29, 0.717) is 5.92 Å². The van der Waals surface area contributed by atoms with Gasteiger partial charge in [-0.25, -0.2) is 9.78 Å². The molecule has 22 heavy (non-hydrogen) atoms. The molecule has 124 valence electrons. The lowest BCUT2D eigenvalue weighted by Crippen LogP contribution is -2.57. The fourth-order valence-corrected chi connectivity index (χ4v) is 3.94. The number of thiazole rings is 1. The Labute approximate surface area is 136 Å². The Kier molecular flexibility index (Phi) is 5.81. The fourth-order valence-electron chi connectivity index (χ4n) is 3.14. The number of amides is 2. The van der Waals surface area contributed by atoms with Gasteiger partial charge in [0, 0.05) is 11.1 Å². The average molecular weight is 325 g/mol. The molecule has 1 aliphatic carbocycles. The number of aryl methyl sites for hydroxylation is 1. The van der Waals surface area contributed by atoms with Gasteiger partial charge in [0.2, 0.25) is 0 Å². The number of urea groups is 1. The van der Waals surface area contributed by atoms with E-state index in [0.717, 1.165) is 23.5 Å². The number of hydrogen-bond acceptors (Lipinski definition) is 4. The van der Waals surface area contributed by atoms with E-state index in [1.807, 2.05) is 26.2 Å². The summed E-state index contributed by atoms with van der Waals surface area (Å²) in [5.74, 6) is 0.342. The Morgan fingerprint density at radius 1 is 1.50 bits per heavy atom. The minimum Gasteiger partial charge on any atom is -0.394 e. The van der Waals surface area contributed by atoms with Crippen LogP contribution in [0.1, 0.15) is 62.7 Å². The van der Waals surface area contributed by atoms with E-state index in [-0.39, 0.29) is 18.7 Å². The van der Waals surface area contributed by atoms with Gasteiger partial charge in [0.05, 0.1) is 18.2 Å². The predicted molar refractivity (Wildman–Crippen MR) is 89.0 cm³/mol. The van der Waals surface area contributed by atoms with Gasteiger partial charge in [0.1, 0.15) is 5.01 Å². The first-order chi connectivity index (χ1) is 10.4. The van der Waals surface area contributed by atoms with Crippen LogP contribution < -0.4 is 10.6 Å². The Balaban J connectivity index is 1.93. The van der Waals surface area contributed by atoms with Gasteiger partial charge < -0.3 is 15.7 Å². The van der Waals surface area contributed by atoms with E-state index in [1.165, 1.54) is 19.3 Å². The highest BCUT2D eigenvalue weighted by atomic mass is 32.1. The lowest BCUT2D eigenvalue weighted by molar-refractivity contribution is 0.101. The largest absolute Gasteiger partial charge is 0.394 e. The van der Waals surface area contributed by atoms with Crippen molar-refractivity contribution in [3.8, 4) is 0 Å². The third-order valence-electron chi connectivity index (χ3n) is 4.59. The van der Waals surface area contributed by atoms with Gasteiger partial charge in [-0.3, -0.25) is 0 Å². The highest BCUT2D eigenvalue weighted by Crippen LogP contribution is 2.32. The van der Waals surface area contributed by atoms with Crippen molar-refractivity contribution in [2.45, 2.75) is 64.5 Å². The third kappa shape index (κ3) is 4.20. The fraction of sp³-hybridized carbons (Fsp3) is 0.750. The maximum absolute atomic E-state index is 12.3. The highest BCUT2D eigenvalue weighted by Gasteiger charge is 2.36. The van der Waals surface area contributed by atoms with E-state index < -0.39 is 5.54 Å². The van der Waals surface area contributed by atoms with Crippen LogP contribution in [0.3, 0.4) is 0 Å². The van der Waals surface area contributed by atoms with Crippen molar-refractivity contribution in [2.24, 2.45) is 5.92 Å². The zero-order valence-corrected chi connectivity index (χ0v) is 14.5. The number of hydrogen-bond donors (Lipinski definition) is 3. The van der Waals surface area contributed by atoms with Crippen LogP contribution in [0, 0.1) is 12.8 Å². The van der Waals surface area contributed by atoms with Gasteiger partial charge in [0.25, 0.3) is 0 Å². The van der Waals surface area contributed by atoms with Gasteiger partial charge in [-0.2, -0.15) is 0 Å². The second-order valence-electron chi connectivity index (χ2n) is 6.56. The van der Waals surface area contributed by atoms with Crippen LogP contribution in [0.2, 0.25) is 0 Å². The van der Waals surface area contributed by atoms with Gasteiger partial charge in [-0.1, -0.05) is 19.3 Å². The summed E-state index contributed by atoms with van der Waals surface area (Å²) in [5, 5.41) is 18.6. The van der Waals surface area contributed by atoms with Crippen molar-refractivity contribution < 1.29 is 9.90 Å². The van der Waals surface area contributed by atoms with Crippen LogP contribution in [0.15, 0.2) is 5.38 Å². The molecular formula is C16H27N3O2S. The van der Waals surface area contributed by atoms with Crippen LogP contribution in [0.5, 0.6) is 0 Å². The summed E-state index contributed by atoms with van der Waals surface area (Å²) >= 11 is 1.55. The summed E-state index contributed by atoms with van der Waals surface area (Å²) in [6.45, 7) is 5.78. The molecule has 0 aliphatic heterocycles. The van der Waals surface area contributed by atoms with Crippen molar-refractivity contribution in [1.29, 1.82) is 0 Å². The Morgan fingerprint density at radius 3 is 2.73 bits per heavy atom. The van der Waals surface area contributed by atoms with Crippen molar-refractivity contribution >= 4 is 17.4 Å². The van der Waals surface area contributed by atoms with E-state index >= 15 is 0 Å². The van der Waals surface area contributed by atoms with Crippen LogP contribution in [0.25, 0.3) is 0 Å². The Morgan fingerprint density at radius 2 is 2.18 bits per heavy atom. The second-order valence-corrected chi connectivity index (χ2v) is 7.45. The van der Waals surface area contributed by atoms with Crippen molar-refractivity contribution in [3.63, 3.8) is 0 Å². The monoisotopic (exact) mass is 325 g/mol. The smallest absolute Gasteiger partial charge is 0.315 e. The number of nitrogens with one attached hydrogen (secondary N) is 2. The molecule has 3 N–H and O–H groups in total. The maximum atomic E-state index is 12.3. The van der Waals surface area contributed by atoms with E-state index in [2.05, 4.69) is 15.6 Å². The number of rotatable bonds is 5. The molecule has 0 radical (unpaired) electrons. The summed E-state index contributed by atoms with van der Waals surface area (Å²) in [7, 11) is 0. The van der Waals surface area contributed by atoms with E-state index in [1.54, 1.807) is 11.3 Å². The molecule has 0 saturated heterocycles. The molecular weight excluding hydrogens is 298 g/mol.